The molecule has 0 aromatic rings. The van der Waals surface area contributed by atoms with E-state index in [0.717, 1.165) is 0 Å². The molecule has 0 amide bonds. The second-order valence-electron chi connectivity index (χ2n) is 6.95. The van der Waals surface area contributed by atoms with Crippen molar-refractivity contribution in [1.82, 2.24) is 0 Å². The molecule has 8 heteroatoms. The number of rotatable bonds is 2. The minimum absolute atomic E-state index is 0.413. The predicted octanol–water partition coefficient (Wildman–Crippen LogP) is 5.41. The van der Waals surface area contributed by atoms with Gasteiger partial charge >= 0.3 is 125 Å². The van der Waals surface area contributed by atoms with Crippen LogP contribution in [-0.4, -0.2) is 39.0 Å². The summed E-state index contributed by atoms with van der Waals surface area (Å²) < 4.78 is 0.826. The van der Waals surface area contributed by atoms with E-state index in [0.29, 0.717) is 6.41 Å². The van der Waals surface area contributed by atoms with Crippen LogP contribution in [0, 0.1) is 0 Å². The number of hydrogen-bond acceptors (Lipinski definition) is 0. The van der Waals surface area contributed by atoms with Gasteiger partial charge in [-0.15, -0.1) is 0 Å². The third-order valence-electron chi connectivity index (χ3n) is 3.27. The molecule has 0 spiro atoms. The summed E-state index contributed by atoms with van der Waals surface area (Å²) in [7, 11) is 24.4. The van der Waals surface area contributed by atoms with Gasteiger partial charge in [0.25, 0.3) is 0 Å². The van der Waals surface area contributed by atoms with Crippen LogP contribution < -0.4 is 0 Å². The summed E-state index contributed by atoms with van der Waals surface area (Å²) in [5.41, 5.74) is 0. The van der Waals surface area contributed by atoms with Crippen LogP contribution in [0.2, 0.25) is 45.7 Å². The van der Waals surface area contributed by atoms with Gasteiger partial charge < -0.3 is 0 Å². The third-order valence-corrected chi connectivity index (χ3v) is 97.0. The zero-order valence-corrected chi connectivity index (χ0v) is 19.9. The van der Waals surface area contributed by atoms with Crippen molar-refractivity contribution in [3.05, 3.63) is 0 Å². The maximum absolute atomic E-state index is 6.79. The molecule has 1 aliphatic rings. The van der Waals surface area contributed by atoms with E-state index in [1.165, 1.54) is 0 Å². The van der Waals surface area contributed by atoms with E-state index in [4.69, 9.17) is 40.0 Å². The van der Waals surface area contributed by atoms with Gasteiger partial charge in [0.05, 0.1) is 0 Å². The van der Waals surface area contributed by atoms with Crippen LogP contribution in [0.3, 0.4) is 0 Å². The molecule has 0 atom stereocenters. The minimum atomic E-state index is -2.78. The third kappa shape index (κ3) is 2.74. The standard InChI is InChI=1S/C8H20Cl4Ge2Si2/c1-15(2,3)7-13(9,10)8(14(7,11)12)16(4,5)6/h7-8H,1-6H3. The molecule has 1 saturated heterocycles. The Kier molecular flexibility index (Phi) is 4.82. The Morgan fingerprint density at radius 3 is 0.938 bits per heavy atom. The van der Waals surface area contributed by atoms with Gasteiger partial charge in [-0.25, -0.2) is 0 Å². The van der Waals surface area contributed by atoms with E-state index in [2.05, 4.69) is 39.3 Å². The second kappa shape index (κ2) is 4.61. The fourth-order valence-corrected chi connectivity index (χ4v) is 157. The van der Waals surface area contributed by atoms with Gasteiger partial charge in [0.1, 0.15) is 0 Å². The molecule has 0 saturated carbocycles. The molecule has 0 radical (unpaired) electrons. The summed E-state index contributed by atoms with van der Waals surface area (Å²) in [5.74, 6) is 0. The van der Waals surface area contributed by atoms with Crippen LogP contribution in [-0.2, 0) is 0 Å². The molecule has 1 aliphatic heterocycles. The van der Waals surface area contributed by atoms with E-state index in [1.54, 1.807) is 0 Å². The molecule has 0 aliphatic carbocycles. The van der Waals surface area contributed by atoms with Gasteiger partial charge in [-0.3, -0.25) is 0 Å². The van der Waals surface area contributed by atoms with Crippen LogP contribution in [0.4, 0.5) is 0 Å². The summed E-state index contributed by atoms with van der Waals surface area (Å²) in [6, 6.07) is 0. The summed E-state index contributed by atoms with van der Waals surface area (Å²) >= 11 is -5.56. The van der Waals surface area contributed by atoms with Gasteiger partial charge in [0.2, 0.25) is 0 Å². The summed E-state index contributed by atoms with van der Waals surface area (Å²) in [4.78, 5) is 0. The summed E-state index contributed by atoms with van der Waals surface area (Å²) in [6.45, 7) is 13.9. The second-order valence-corrected chi connectivity index (χ2v) is 53.0. The fraction of sp³-hybridized carbons (Fsp3) is 1.00. The van der Waals surface area contributed by atoms with Crippen molar-refractivity contribution in [2.45, 2.75) is 45.7 Å². The van der Waals surface area contributed by atoms with E-state index in [1.807, 2.05) is 0 Å². The SMILES string of the molecule is C[Si](C)(C)[CH]1[Ge]([Cl])([Cl])[CH]([Si](C)(C)C)[Ge]1([Cl])[Cl]. The average molecular weight is 459 g/mol. The molecule has 0 aromatic carbocycles. The van der Waals surface area contributed by atoms with Gasteiger partial charge in [0, 0.05) is 0 Å². The van der Waals surface area contributed by atoms with Crippen molar-refractivity contribution in [2.24, 2.45) is 0 Å². The van der Waals surface area contributed by atoms with E-state index in [9.17, 15) is 0 Å². The van der Waals surface area contributed by atoms with Crippen molar-refractivity contribution in [1.29, 1.82) is 0 Å². The molecule has 0 bridgehead atoms. The van der Waals surface area contributed by atoms with Crippen molar-refractivity contribution in [3.63, 3.8) is 0 Å². The van der Waals surface area contributed by atoms with Crippen LogP contribution in [0.1, 0.15) is 0 Å². The molecule has 0 N–H and O–H groups in total. The quantitative estimate of drug-likeness (QED) is 0.485. The maximum atomic E-state index is 6.79. The van der Waals surface area contributed by atoms with E-state index < -0.39 is 39.0 Å². The Balaban J connectivity index is 3.15. The topological polar surface area (TPSA) is 0 Å². The molecule has 16 heavy (non-hydrogen) atoms. The average Bonchev–Trinajstić information content (AvgIpc) is 1.69. The number of hydrogen-bond donors (Lipinski definition) is 0. The molecule has 0 nitrogen and oxygen atoms in total. The Labute approximate surface area is 123 Å². The van der Waals surface area contributed by atoms with Gasteiger partial charge in [0.15, 0.2) is 0 Å². The Bertz CT molecular complexity index is 253. The Morgan fingerprint density at radius 2 is 0.812 bits per heavy atom. The van der Waals surface area contributed by atoms with Gasteiger partial charge in [-0.2, -0.15) is 0 Å². The first-order valence-electron chi connectivity index (χ1n) is 5.49. The molecule has 1 rings (SSSR count). The normalized spacial score (nSPS) is 33.4. The first-order valence-corrected chi connectivity index (χ1v) is 28.5. The van der Waals surface area contributed by atoms with Gasteiger partial charge in [-0.1, -0.05) is 0 Å². The molecule has 0 aromatic heterocycles. The number of halogens is 4. The van der Waals surface area contributed by atoms with Crippen LogP contribution in [0.5, 0.6) is 0 Å². The molecule has 0 unspecified atom stereocenters. The van der Waals surface area contributed by atoms with Crippen LogP contribution >= 0.6 is 40.0 Å². The molecular formula is C8H20Cl4Ge2Si2. The van der Waals surface area contributed by atoms with Crippen LogP contribution in [0.25, 0.3) is 0 Å². The van der Waals surface area contributed by atoms with Crippen molar-refractivity contribution >= 4 is 79.0 Å². The van der Waals surface area contributed by atoms with Crippen LogP contribution in [0.15, 0.2) is 0 Å². The first-order chi connectivity index (χ1) is 6.73. The Morgan fingerprint density at radius 1 is 0.625 bits per heavy atom. The molecule has 1 fully saturated rings. The van der Waals surface area contributed by atoms with Crippen molar-refractivity contribution in [3.8, 4) is 0 Å². The molecular weight excluding hydrogens is 439 g/mol. The Hall–Kier alpha value is 2.68. The fourth-order valence-electron chi connectivity index (χ4n) is 3.06. The first kappa shape index (κ1) is 16.7. The predicted molar refractivity (Wildman–Crippen MR) is 89.1 cm³/mol. The molecule has 1 heterocycles. The van der Waals surface area contributed by atoms with E-state index >= 15 is 0 Å². The van der Waals surface area contributed by atoms with Crippen molar-refractivity contribution < 1.29 is 0 Å². The van der Waals surface area contributed by atoms with E-state index in [-0.39, 0.29) is 0 Å². The van der Waals surface area contributed by atoms with Gasteiger partial charge in [-0.05, 0) is 0 Å². The summed E-state index contributed by atoms with van der Waals surface area (Å²) in [6.07, 6.45) is 0. The monoisotopic (exact) mass is 460 g/mol. The van der Waals surface area contributed by atoms with Crippen molar-refractivity contribution in [2.75, 3.05) is 0 Å². The zero-order valence-electron chi connectivity index (χ0n) is 10.7. The molecule has 96 valence electrons. The zero-order chi connectivity index (χ0) is 13.2. The summed E-state index contributed by atoms with van der Waals surface area (Å²) in [5, 5.41) is 0.